The average Bonchev–Trinajstić information content (AvgIpc) is 3.56. The molecule has 3 aromatic rings. The second-order valence-corrected chi connectivity index (χ2v) is 9.88. The standard InChI is InChI=1S/C24H27N7OS2/c1-2-6-19(7-3-1)34-24-29-22(25-9-5-10-31-11-13-32-14-12-31)28-23(30-24)27-21-16-18(17-26-21)20-8-4-15-33-20/h1-4,6-8,15-16H,5,9-14,17H2,(H2,25,26,27,28,29,30). The zero-order valence-electron chi connectivity index (χ0n) is 18.8. The van der Waals surface area contributed by atoms with Gasteiger partial charge in [-0.3, -0.25) is 9.89 Å². The van der Waals surface area contributed by atoms with Crippen LogP contribution in [0.3, 0.4) is 0 Å². The predicted octanol–water partition coefficient (Wildman–Crippen LogP) is 4.13. The van der Waals surface area contributed by atoms with Gasteiger partial charge >= 0.3 is 0 Å². The Morgan fingerprint density at radius 3 is 2.68 bits per heavy atom. The Kier molecular flexibility index (Phi) is 7.82. The first kappa shape index (κ1) is 23.0. The van der Waals surface area contributed by atoms with Crippen molar-refractivity contribution in [3.63, 3.8) is 0 Å². The summed E-state index contributed by atoms with van der Waals surface area (Å²) in [7, 11) is 0. The minimum absolute atomic E-state index is 0.492. The summed E-state index contributed by atoms with van der Waals surface area (Å²) in [5.74, 6) is 1.83. The molecule has 176 valence electrons. The maximum Gasteiger partial charge on any atom is 0.234 e. The van der Waals surface area contributed by atoms with E-state index in [-0.39, 0.29) is 0 Å². The van der Waals surface area contributed by atoms with Gasteiger partial charge in [0.15, 0.2) is 5.16 Å². The second kappa shape index (κ2) is 11.6. The van der Waals surface area contributed by atoms with Crippen molar-refractivity contribution in [1.29, 1.82) is 0 Å². The van der Waals surface area contributed by atoms with Crippen LogP contribution in [0.1, 0.15) is 11.3 Å². The SMILES string of the molecule is C1=C(c2cccs2)CN=C1Nc1nc(NCCCN2CCOCC2)nc(Sc2ccccc2)n1. The van der Waals surface area contributed by atoms with Crippen LogP contribution in [-0.4, -0.2) is 71.6 Å². The van der Waals surface area contributed by atoms with E-state index in [4.69, 9.17) is 4.74 Å². The largest absolute Gasteiger partial charge is 0.379 e. The Balaban J connectivity index is 1.26. The number of anilines is 2. The minimum atomic E-state index is 0.492. The molecule has 0 saturated carbocycles. The molecule has 2 aliphatic heterocycles. The van der Waals surface area contributed by atoms with Crippen molar-refractivity contribution in [2.24, 2.45) is 4.99 Å². The molecule has 0 bridgehead atoms. The molecule has 1 fully saturated rings. The number of nitrogens with zero attached hydrogens (tertiary/aromatic N) is 5. The van der Waals surface area contributed by atoms with Crippen molar-refractivity contribution in [2.75, 3.05) is 56.6 Å². The topological polar surface area (TPSA) is 87.6 Å². The monoisotopic (exact) mass is 493 g/mol. The van der Waals surface area contributed by atoms with E-state index in [9.17, 15) is 0 Å². The molecule has 2 aliphatic rings. The molecule has 10 heteroatoms. The van der Waals surface area contributed by atoms with Crippen molar-refractivity contribution in [2.45, 2.75) is 16.5 Å². The van der Waals surface area contributed by atoms with Gasteiger partial charge in [-0.1, -0.05) is 24.3 Å². The highest BCUT2D eigenvalue weighted by molar-refractivity contribution is 7.99. The highest BCUT2D eigenvalue weighted by atomic mass is 32.2. The van der Waals surface area contributed by atoms with Gasteiger partial charge in [-0.25, -0.2) is 0 Å². The Morgan fingerprint density at radius 1 is 1.00 bits per heavy atom. The van der Waals surface area contributed by atoms with E-state index in [0.717, 1.165) is 56.5 Å². The molecule has 2 N–H and O–H groups in total. The summed E-state index contributed by atoms with van der Waals surface area (Å²) in [6.45, 7) is 6.13. The first-order valence-electron chi connectivity index (χ1n) is 11.4. The van der Waals surface area contributed by atoms with Crippen LogP contribution in [0.2, 0.25) is 0 Å². The Bertz CT molecular complexity index is 1130. The molecular weight excluding hydrogens is 466 g/mol. The third kappa shape index (κ3) is 6.41. The van der Waals surface area contributed by atoms with Gasteiger partial charge in [-0.15, -0.1) is 11.3 Å². The third-order valence-corrected chi connectivity index (χ3v) is 7.23. The number of nitrogens with one attached hydrogen (secondary N) is 2. The molecular formula is C24H27N7OS2. The van der Waals surface area contributed by atoms with Crippen molar-refractivity contribution in [3.05, 3.63) is 58.8 Å². The lowest BCUT2D eigenvalue weighted by Gasteiger charge is -2.26. The fourth-order valence-electron chi connectivity index (χ4n) is 3.69. The molecule has 0 aliphatic carbocycles. The number of hydrogen-bond acceptors (Lipinski definition) is 10. The molecule has 0 amide bonds. The van der Waals surface area contributed by atoms with Crippen LogP contribution in [0, 0.1) is 0 Å². The lowest BCUT2D eigenvalue weighted by molar-refractivity contribution is 0.0378. The van der Waals surface area contributed by atoms with E-state index in [1.807, 2.05) is 30.3 Å². The van der Waals surface area contributed by atoms with E-state index < -0.39 is 0 Å². The zero-order valence-corrected chi connectivity index (χ0v) is 20.4. The number of thiophene rings is 1. The molecule has 8 nitrogen and oxygen atoms in total. The molecule has 5 rings (SSSR count). The van der Waals surface area contributed by atoms with Crippen LogP contribution >= 0.6 is 23.1 Å². The van der Waals surface area contributed by atoms with Gasteiger partial charge < -0.3 is 15.4 Å². The quantitative estimate of drug-likeness (QED) is 0.431. The number of amidine groups is 1. The Labute approximate surface area is 207 Å². The lowest BCUT2D eigenvalue weighted by atomic mass is 10.2. The predicted molar refractivity (Wildman–Crippen MR) is 139 cm³/mol. The van der Waals surface area contributed by atoms with Gasteiger partial charge in [-0.05, 0) is 60.0 Å². The van der Waals surface area contributed by atoms with E-state index >= 15 is 0 Å². The van der Waals surface area contributed by atoms with Crippen molar-refractivity contribution < 1.29 is 4.74 Å². The minimum Gasteiger partial charge on any atom is -0.379 e. The summed E-state index contributed by atoms with van der Waals surface area (Å²) in [5.41, 5.74) is 1.20. The number of morpholine rings is 1. The number of hydrogen-bond donors (Lipinski definition) is 2. The average molecular weight is 494 g/mol. The molecule has 4 heterocycles. The highest BCUT2D eigenvalue weighted by Crippen LogP contribution is 2.27. The van der Waals surface area contributed by atoms with Crippen LogP contribution < -0.4 is 10.6 Å². The smallest absolute Gasteiger partial charge is 0.234 e. The molecule has 0 atom stereocenters. The second-order valence-electron chi connectivity index (χ2n) is 7.89. The van der Waals surface area contributed by atoms with Crippen molar-refractivity contribution >= 4 is 46.4 Å². The van der Waals surface area contributed by atoms with Gasteiger partial charge in [0.1, 0.15) is 5.84 Å². The number of aliphatic imine (C=N–C) groups is 1. The highest BCUT2D eigenvalue weighted by Gasteiger charge is 2.15. The van der Waals surface area contributed by atoms with E-state index in [0.29, 0.717) is 23.6 Å². The van der Waals surface area contributed by atoms with Crippen LogP contribution in [0.4, 0.5) is 11.9 Å². The molecule has 2 aromatic heterocycles. The lowest BCUT2D eigenvalue weighted by Crippen LogP contribution is -2.37. The van der Waals surface area contributed by atoms with E-state index in [2.05, 4.69) is 59.1 Å². The maximum absolute atomic E-state index is 5.43. The number of ether oxygens (including phenoxy) is 1. The van der Waals surface area contributed by atoms with Gasteiger partial charge in [0.25, 0.3) is 0 Å². The fourth-order valence-corrected chi connectivity index (χ4v) is 5.19. The zero-order chi connectivity index (χ0) is 23.0. The summed E-state index contributed by atoms with van der Waals surface area (Å²) in [6.07, 6.45) is 3.07. The van der Waals surface area contributed by atoms with Crippen LogP contribution in [0.15, 0.2) is 69.0 Å². The van der Waals surface area contributed by atoms with E-state index in [1.54, 1.807) is 11.3 Å². The van der Waals surface area contributed by atoms with Gasteiger partial charge in [0, 0.05) is 29.4 Å². The summed E-state index contributed by atoms with van der Waals surface area (Å²) >= 11 is 3.24. The van der Waals surface area contributed by atoms with Crippen LogP contribution in [0.25, 0.3) is 5.57 Å². The number of benzene rings is 1. The van der Waals surface area contributed by atoms with Gasteiger partial charge in [0.05, 0.1) is 19.8 Å². The normalized spacial score (nSPS) is 16.2. The summed E-state index contributed by atoms with van der Waals surface area (Å²) in [4.78, 5) is 23.3. The molecule has 1 aromatic carbocycles. The van der Waals surface area contributed by atoms with Crippen molar-refractivity contribution in [3.8, 4) is 0 Å². The molecule has 1 saturated heterocycles. The van der Waals surface area contributed by atoms with Gasteiger partial charge in [0.2, 0.25) is 11.9 Å². The van der Waals surface area contributed by atoms with Crippen molar-refractivity contribution in [1.82, 2.24) is 19.9 Å². The molecule has 34 heavy (non-hydrogen) atoms. The maximum atomic E-state index is 5.43. The Hall–Kier alpha value is -2.79. The third-order valence-electron chi connectivity index (χ3n) is 5.41. The molecule has 0 spiro atoms. The van der Waals surface area contributed by atoms with E-state index in [1.165, 1.54) is 22.2 Å². The Morgan fingerprint density at radius 2 is 1.85 bits per heavy atom. The summed E-state index contributed by atoms with van der Waals surface area (Å²) < 4.78 is 5.43. The fraction of sp³-hybridized carbons (Fsp3) is 0.333. The van der Waals surface area contributed by atoms with Gasteiger partial charge in [-0.2, -0.15) is 15.0 Å². The number of rotatable bonds is 9. The molecule has 0 unspecified atom stereocenters. The van der Waals surface area contributed by atoms with Crippen LogP contribution in [0.5, 0.6) is 0 Å². The first-order chi connectivity index (χ1) is 16.8. The first-order valence-corrected chi connectivity index (χ1v) is 13.1. The number of aromatic nitrogens is 3. The summed E-state index contributed by atoms with van der Waals surface area (Å²) in [5, 5.41) is 9.38. The van der Waals surface area contributed by atoms with Crippen LogP contribution in [-0.2, 0) is 4.74 Å². The summed E-state index contributed by atoms with van der Waals surface area (Å²) in [6, 6.07) is 14.3. The molecule has 0 radical (unpaired) electrons.